The third-order valence-electron chi connectivity index (χ3n) is 6.43. The van der Waals surface area contributed by atoms with Crippen LogP contribution in [-0.4, -0.2) is 9.97 Å². The third kappa shape index (κ3) is 5.73. The van der Waals surface area contributed by atoms with Crippen molar-refractivity contribution in [2.75, 3.05) is 0 Å². The Morgan fingerprint density at radius 2 is 1.44 bits per heavy atom. The Morgan fingerprint density at radius 1 is 0.641 bits per heavy atom. The average molecular weight is 681 g/mol. The first-order chi connectivity index (χ1) is 18.8. The van der Waals surface area contributed by atoms with Gasteiger partial charge in [0.15, 0.2) is 0 Å². The van der Waals surface area contributed by atoms with E-state index in [9.17, 15) is 0 Å². The number of fused-ring (bicyclic) bond motifs is 3. The minimum absolute atomic E-state index is 0. The minimum Gasteiger partial charge on any atom is -0.476 e. The van der Waals surface area contributed by atoms with Crippen LogP contribution in [-0.2, 0) is 20.1 Å². The molecule has 39 heavy (non-hydrogen) atoms. The van der Waals surface area contributed by atoms with Gasteiger partial charge in [0.25, 0.3) is 0 Å². The molecule has 0 aliphatic heterocycles. The molecule has 3 nitrogen and oxygen atoms in total. The van der Waals surface area contributed by atoms with E-state index in [1.807, 2.05) is 97.2 Å². The summed E-state index contributed by atoms with van der Waals surface area (Å²) in [6.07, 6.45) is 3.73. The number of para-hydroxylation sites is 1. The van der Waals surface area contributed by atoms with E-state index in [1.165, 1.54) is 16.7 Å². The van der Waals surface area contributed by atoms with Gasteiger partial charge < -0.3 is 14.4 Å². The number of rotatable bonds is 3. The maximum Gasteiger partial charge on any atom is 0.123 e. The Morgan fingerprint density at radius 3 is 2.21 bits per heavy atom. The van der Waals surface area contributed by atoms with E-state index in [-0.39, 0.29) is 20.1 Å². The van der Waals surface area contributed by atoms with E-state index in [0.717, 1.165) is 44.5 Å². The Balaban J connectivity index is 0.000000154. The second-order valence-electron chi connectivity index (χ2n) is 8.96. The maximum absolute atomic E-state index is 5.87. The van der Waals surface area contributed by atoms with Gasteiger partial charge in [-0.15, -0.1) is 53.6 Å². The Hall–Kier alpha value is -4.37. The van der Waals surface area contributed by atoms with Gasteiger partial charge in [0.2, 0.25) is 0 Å². The topological polar surface area (TPSA) is 38.9 Å². The molecule has 1 radical (unpaired) electrons. The molecule has 3 aromatic heterocycles. The standard InChI is InChI=1S/C18H14N.C17H10NO.Ir/c1-14-12-18(16-10-6-3-7-11-16)19-13-17(14)15-8-4-2-5-9-15;1-2-7-16-13(5-1)14-9-8-12(11-17(14)19-16)15-6-3-4-10-18-15;/h2-10,12-13H,1H3;1-7,9-11H;/q2*-1;. The van der Waals surface area contributed by atoms with Crippen molar-refractivity contribution in [1.29, 1.82) is 0 Å². The molecule has 0 aliphatic rings. The van der Waals surface area contributed by atoms with Gasteiger partial charge in [0, 0.05) is 38.1 Å². The second kappa shape index (κ2) is 12.0. The van der Waals surface area contributed by atoms with Crippen LogP contribution >= 0.6 is 0 Å². The molecule has 4 aromatic carbocycles. The molecule has 0 saturated carbocycles. The van der Waals surface area contributed by atoms with Gasteiger partial charge in [-0.2, -0.15) is 0 Å². The van der Waals surface area contributed by atoms with E-state index in [2.05, 4.69) is 53.3 Å². The van der Waals surface area contributed by atoms with Gasteiger partial charge in [-0.05, 0) is 47.0 Å². The van der Waals surface area contributed by atoms with Gasteiger partial charge in [-0.3, -0.25) is 0 Å². The van der Waals surface area contributed by atoms with Crippen LogP contribution in [0, 0.1) is 19.1 Å². The van der Waals surface area contributed by atoms with Crippen molar-refractivity contribution in [2.24, 2.45) is 0 Å². The van der Waals surface area contributed by atoms with Crippen molar-refractivity contribution < 1.29 is 24.5 Å². The Labute approximate surface area is 241 Å². The fourth-order valence-electron chi connectivity index (χ4n) is 4.51. The molecule has 0 aliphatic carbocycles. The summed E-state index contributed by atoms with van der Waals surface area (Å²) in [7, 11) is 0. The molecule has 0 saturated heterocycles. The Bertz CT molecular complexity index is 1810. The summed E-state index contributed by atoms with van der Waals surface area (Å²) in [5.41, 5.74) is 9.26. The summed E-state index contributed by atoms with van der Waals surface area (Å²) in [4.78, 5) is 8.89. The van der Waals surface area contributed by atoms with E-state index in [1.54, 1.807) is 6.20 Å². The number of hydrogen-bond acceptors (Lipinski definition) is 3. The quantitative estimate of drug-likeness (QED) is 0.175. The average Bonchev–Trinajstić information content (AvgIpc) is 3.37. The first-order valence-electron chi connectivity index (χ1n) is 12.5. The molecule has 191 valence electrons. The monoisotopic (exact) mass is 681 g/mol. The van der Waals surface area contributed by atoms with Crippen molar-refractivity contribution in [3.8, 4) is 33.6 Å². The molecule has 0 amide bonds. The second-order valence-corrected chi connectivity index (χ2v) is 8.96. The van der Waals surface area contributed by atoms with Crippen LogP contribution < -0.4 is 0 Å². The number of pyridine rings is 2. The van der Waals surface area contributed by atoms with Crippen molar-refractivity contribution in [3.05, 3.63) is 145 Å². The zero-order valence-electron chi connectivity index (χ0n) is 21.3. The predicted molar refractivity (Wildman–Crippen MR) is 154 cm³/mol. The van der Waals surface area contributed by atoms with Crippen molar-refractivity contribution >= 4 is 21.9 Å². The Kier molecular flexibility index (Phi) is 8.07. The van der Waals surface area contributed by atoms with Gasteiger partial charge in [0.1, 0.15) is 5.58 Å². The molecular weight excluding hydrogens is 657 g/mol. The van der Waals surface area contributed by atoms with E-state index < -0.39 is 0 Å². The smallest absolute Gasteiger partial charge is 0.123 e. The maximum atomic E-state index is 5.87. The molecule has 0 N–H and O–H groups in total. The van der Waals surface area contributed by atoms with E-state index >= 15 is 0 Å². The molecule has 0 unspecified atom stereocenters. The van der Waals surface area contributed by atoms with Crippen molar-refractivity contribution in [3.63, 3.8) is 0 Å². The number of aryl methyl sites for hydroxylation is 1. The largest absolute Gasteiger partial charge is 0.476 e. The van der Waals surface area contributed by atoms with Gasteiger partial charge in [-0.1, -0.05) is 78.2 Å². The van der Waals surface area contributed by atoms with Gasteiger partial charge in [0.05, 0.1) is 5.58 Å². The first kappa shape index (κ1) is 26.2. The minimum atomic E-state index is 0. The van der Waals surface area contributed by atoms with E-state index in [4.69, 9.17) is 4.42 Å². The number of benzene rings is 4. The first-order valence-corrected chi connectivity index (χ1v) is 12.5. The van der Waals surface area contributed by atoms with Crippen LogP contribution in [0.15, 0.2) is 132 Å². The normalized spacial score (nSPS) is 10.5. The zero-order chi connectivity index (χ0) is 25.7. The van der Waals surface area contributed by atoms with Crippen LogP contribution in [0.1, 0.15) is 5.56 Å². The molecule has 0 bridgehead atoms. The van der Waals surface area contributed by atoms with Crippen LogP contribution in [0.4, 0.5) is 0 Å². The van der Waals surface area contributed by atoms with Crippen molar-refractivity contribution in [2.45, 2.75) is 6.92 Å². The SMILES string of the molecule is Cc1cc(-c2[c-]cccc2)ncc1-c1ccccc1.[Ir].[c-]1cc2c(cc1-c1ccccn1)oc1ccccc12. The predicted octanol–water partition coefficient (Wildman–Crippen LogP) is 8.97. The fraction of sp³-hybridized carbons (Fsp3) is 0.0286. The van der Waals surface area contributed by atoms with Crippen molar-refractivity contribution in [1.82, 2.24) is 9.97 Å². The summed E-state index contributed by atoms with van der Waals surface area (Å²) >= 11 is 0. The molecule has 4 heteroatoms. The fourth-order valence-corrected chi connectivity index (χ4v) is 4.51. The van der Waals surface area contributed by atoms with Crippen LogP contribution in [0.5, 0.6) is 0 Å². The summed E-state index contributed by atoms with van der Waals surface area (Å²) in [5.74, 6) is 0. The molecule has 0 atom stereocenters. The molecule has 0 spiro atoms. The zero-order valence-corrected chi connectivity index (χ0v) is 23.7. The number of aromatic nitrogens is 2. The molecule has 7 rings (SSSR count). The molecule has 3 heterocycles. The summed E-state index contributed by atoms with van der Waals surface area (Å²) in [5, 5.41) is 2.22. The third-order valence-corrected chi connectivity index (χ3v) is 6.43. The van der Waals surface area contributed by atoms with Gasteiger partial charge in [-0.25, -0.2) is 0 Å². The number of furan rings is 1. The number of nitrogens with zero attached hydrogens (tertiary/aromatic N) is 2. The molecule has 0 fully saturated rings. The van der Waals surface area contributed by atoms with Crippen LogP contribution in [0.3, 0.4) is 0 Å². The van der Waals surface area contributed by atoms with Crippen LogP contribution in [0.25, 0.3) is 55.6 Å². The molecular formula is C35H24IrN2O-2. The van der Waals surface area contributed by atoms with E-state index in [0.29, 0.717) is 0 Å². The number of hydrogen-bond donors (Lipinski definition) is 0. The van der Waals surface area contributed by atoms with Gasteiger partial charge >= 0.3 is 0 Å². The summed E-state index contributed by atoms with van der Waals surface area (Å²) < 4.78 is 5.87. The van der Waals surface area contributed by atoms with Crippen LogP contribution in [0.2, 0.25) is 0 Å². The summed E-state index contributed by atoms with van der Waals surface area (Å²) in [6.45, 7) is 2.12. The molecule has 7 aromatic rings. The summed E-state index contributed by atoms with van der Waals surface area (Å²) in [6, 6.07) is 44.7.